The fourth-order valence-electron chi connectivity index (χ4n) is 1.99. The van der Waals surface area contributed by atoms with E-state index in [0.717, 1.165) is 0 Å². The smallest absolute Gasteiger partial charge is 0.339 e. The summed E-state index contributed by atoms with van der Waals surface area (Å²) in [7, 11) is 0. The van der Waals surface area contributed by atoms with Gasteiger partial charge in [-0.25, -0.2) is 9.48 Å². The molecule has 3 rings (SSSR count). The quantitative estimate of drug-likeness (QED) is 0.752. The Morgan fingerprint density at radius 1 is 1.22 bits per heavy atom. The number of hydrogen-bond acceptors (Lipinski definition) is 6. The van der Waals surface area contributed by atoms with Crippen molar-refractivity contribution in [3.05, 3.63) is 53.9 Å². The average molecular weight is 307 g/mol. The van der Waals surface area contributed by atoms with Crippen LogP contribution in [-0.2, 0) is 0 Å². The first-order valence-electron chi connectivity index (χ1n) is 6.44. The van der Waals surface area contributed by atoms with E-state index in [1.807, 2.05) is 6.07 Å². The number of nitrogens with zero attached hydrogens (tertiary/aromatic N) is 5. The van der Waals surface area contributed by atoms with Gasteiger partial charge in [0, 0.05) is 12.3 Å². The van der Waals surface area contributed by atoms with E-state index < -0.39 is 5.97 Å². The Balaban J connectivity index is 1.97. The van der Waals surface area contributed by atoms with Crippen LogP contribution in [0.2, 0.25) is 0 Å². The van der Waals surface area contributed by atoms with Gasteiger partial charge in [-0.15, -0.1) is 5.10 Å². The molecule has 0 radical (unpaired) electrons. The van der Waals surface area contributed by atoms with E-state index in [9.17, 15) is 9.90 Å². The molecular formula is C15H9N5O3. The van der Waals surface area contributed by atoms with Crippen LogP contribution < -0.4 is 0 Å². The number of aromatic nitrogens is 4. The molecule has 0 spiro atoms. The van der Waals surface area contributed by atoms with Crippen molar-refractivity contribution >= 4 is 5.97 Å². The van der Waals surface area contributed by atoms with Crippen LogP contribution in [0.5, 0.6) is 5.75 Å². The molecule has 1 aromatic carbocycles. The van der Waals surface area contributed by atoms with Crippen molar-refractivity contribution in [2.24, 2.45) is 0 Å². The van der Waals surface area contributed by atoms with Crippen molar-refractivity contribution < 1.29 is 15.0 Å². The minimum atomic E-state index is -1.22. The highest BCUT2D eigenvalue weighted by Gasteiger charge is 2.12. The summed E-state index contributed by atoms with van der Waals surface area (Å²) in [5.74, 6) is -1.58. The number of carbonyl (C=O) groups is 1. The van der Waals surface area contributed by atoms with Crippen LogP contribution in [0.25, 0.3) is 17.1 Å². The van der Waals surface area contributed by atoms with Gasteiger partial charge in [-0.3, -0.25) is 4.98 Å². The normalized spacial score (nSPS) is 10.2. The fraction of sp³-hybridized carbons (Fsp3) is 0. The minimum Gasteiger partial charge on any atom is -0.507 e. The molecule has 0 aliphatic heterocycles. The number of hydrogen-bond donors (Lipinski definition) is 2. The number of aromatic carboxylic acids is 1. The van der Waals surface area contributed by atoms with Gasteiger partial charge in [-0.2, -0.15) is 5.26 Å². The second-order valence-electron chi connectivity index (χ2n) is 4.60. The van der Waals surface area contributed by atoms with Gasteiger partial charge in [0.2, 0.25) is 0 Å². The van der Waals surface area contributed by atoms with Crippen LogP contribution in [-0.4, -0.2) is 36.2 Å². The number of phenols is 1. The number of rotatable bonds is 3. The van der Waals surface area contributed by atoms with Gasteiger partial charge in [0.25, 0.3) is 0 Å². The summed E-state index contributed by atoms with van der Waals surface area (Å²) in [5.41, 5.74) is 1.64. The van der Waals surface area contributed by atoms with E-state index >= 15 is 0 Å². The molecule has 0 saturated carbocycles. The molecule has 0 unspecified atom stereocenters. The van der Waals surface area contributed by atoms with Crippen LogP contribution in [0.15, 0.2) is 42.7 Å². The molecule has 3 aromatic rings. The molecule has 0 bridgehead atoms. The van der Waals surface area contributed by atoms with Gasteiger partial charge in [-0.1, -0.05) is 5.21 Å². The van der Waals surface area contributed by atoms with Crippen molar-refractivity contribution in [2.45, 2.75) is 0 Å². The zero-order valence-corrected chi connectivity index (χ0v) is 11.6. The molecule has 0 amide bonds. The molecule has 2 heterocycles. The number of nitriles is 1. The number of carboxylic acids is 1. The second-order valence-corrected chi connectivity index (χ2v) is 4.60. The summed E-state index contributed by atoms with van der Waals surface area (Å²) in [4.78, 5) is 15.0. The van der Waals surface area contributed by atoms with Crippen LogP contribution in [0.1, 0.15) is 15.9 Å². The topological polar surface area (TPSA) is 125 Å². The highest BCUT2D eigenvalue weighted by molar-refractivity contribution is 5.91. The van der Waals surface area contributed by atoms with E-state index in [1.165, 1.54) is 29.1 Å². The Kier molecular flexibility index (Phi) is 3.44. The van der Waals surface area contributed by atoms with E-state index in [4.69, 9.17) is 10.4 Å². The third kappa shape index (κ3) is 2.71. The lowest BCUT2D eigenvalue weighted by molar-refractivity contribution is 0.0694. The zero-order valence-electron chi connectivity index (χ0n) is 11.6. The maximum atomic E-state index is 10.9. The van der Waals surface area contributed by atoms with E-state index in [2.05, 4.69) is 15.3 Å². The van der Waals surface area contributed by atoms with Gasteiger partial charge in [0.15, 0.2) is 0 Å². The second kappa shape index (κ2) is 5.57. The first-order chi connectivity index (χ1) is 11.1. The predicted molar refractivity (Wildman–Crippen MR) is 77.9 cm³/mol. The molecule has 0 saturated heterocycles. The lowest BCUT2D eigenvalue weighted by Gasteiger charge is -2.03. The maximum absolute atomic E-state index is 10.9. The van der Waals surface area contributed by atoms with Gasteiger partial charge in [0.05, 0.1) is 29.2 Å². The lowest BCUT2D eigenvalue weighted by atomic mass is 10.2. The van der Waals surface area contributed by atoms with Gasteiger partial charge < -0.3 is 10.2 Å². The Bertz CT molecular complexity index is 942. The Hall–Kier alpha value is -3.73. The largest absolute Gasteiger partial charge is 0.507 e. The Morgan fingerprint density at radius 2 is 2.04 bits per heavy atom. The number of aromatic hydroxyl groups is 1. The summed E-state index contributed by atoms with van der Waals surface area (Å²) < 4.78 is 1.38. The lowest BCUT2D eigenvalue weighted by Crippen LogP contribution is -1.99. The van der Waals surface area contributed by atoms with Gasteiger partial charge >= 0.3 is 5.97 Å². The predicted octanol–water partition coefficient (Wildman–Crippen LogP) is 1.60. The standard InChI is InChI=1S/C15H9N5O3/c16-7-9-3-4-17-12(5-9)13-8-20(19-18-13)10-1-2-11(15(22)23)14(21)6-10/h1-6,8,21H,(H,22,23). The van der Waals surface area contributed by atoms with Gasteiger partial charge in [-0.05, 0) is 24.3 Å². The molecule has 2 aromatic heterocycles. The molecular weight excluding hydrogens is 298 g/mol. The summed E-state index contributed by atoms with van der Waals surface area (Å²) in [6.45, 7) is 0. The average Bonchev–Trinajstić information content (AvgIpc) is 3.04. The monoisotopic (exact) mass is 307 g/mol. The van der Waals surface area contributed by atoms with Crippen LogP contribution >= 0.6 is 0 Å². The molecule has 0 aliphatic carbocycles. The zero-order chi connectivity index (χ0) is 16.4. The molecule has 112 valence electrons. The molecule has 0 fully saturated rings. The maximum Gasteiger partial charge on any atom is 0.339 e. The highest BCUT2D eigenvalue weighted by Crippen LogP contribution is 2.22. The summed E-state index contributed by atoms with van der Waals surface area (Å²) in [6, 6.07) is 9.24. The number of pyridine rings is 1. The third-order valence-electron chi connectivity index (χ3n) is 3.12. The number of carboxylic acid groups (broad SMARTS) is 1. The Labute approximate surface area is 129 Å². The molecule has 8 nitrogen and oxygen atoms in total. The summed E-state index contributed by atoms with van der Waals surface area (Å²) in [5, 5.41) is 35.4. The Morgan fingerprint density at radius 3 is 2.74 bits per heavy atom. The van der Waals surface area contributed by atoms with E-state index in [1.54, 1.807) is 18.3 Å². The van der Waals surface area contributed by atoms with Crippen molar-refractivity contribution in [3.63, 3.8) is 0 Å². The van der Waals surface area contributed by atoms with E-state index in [-0.39, 0.29) is 11.3 Å². The van der Waals surface area contributed by atoms with Crippen LogP contribution in [0.3, 0.4) is 0 Å². The SMILES string of the molecule is N#Cc1ccnc(-c2cn(-c3ccc(C(=O)O)c(O)c3)nn2)c1. The molecule has 8 heteroatoms. The summed E-state index contributed by atoms with van der Waals surface area (Å²) >= 11 is 0. The first kappa shape index (κ1) is 14.2. The van der Waals surface area contributed by atoms with Crippen LogP contribution in [0, 0.1) is 11.3 Å². The molecule has 0 atom stereocenters. The molecule has 0 aliphatic rings. The third-order valence-corrected chi connectivity index (χ3v) is 3.12. The van der Waals surface area contributed by atoms with Gasteiger partial charge in [0.1, 0.15) is 17.0 Å². The molecule has 2 N–H and O–H groups in total. The van der Waals surface area contributed by atoms with Crippen LogP contribution in [0.4, 0.5) is 0 Å². The van der Waals surface area contributed by atoms with Crippen molar-refractivity contribution in [1.82, 2.24) is 20.0 Å². The summed E-state index contributed by atoms with van der Waals surface area (Å²) in [6.07, 6.45) is 3.07. The first-order valence-corrected chi connectivity index (χ1v) is 6.44. The van der Waals surface area contributed by atoms with Crippen molar-refractivity contribution in [3.8, 4) is 28.9 Å². The fourth-order valence-corrected chi connectivity index (χ4v) is 1.99. The minimum absolute atomic E-state index is 0.197. The highest BCUT2D eigenvalue weighted by atomic mass is 16.4. The number of benzene rings is 1. The molecule has 23 heavy (non-hydrogen) atoms. The van der Waals surface area contributed by atoms with E-state index in [0.29, 0.717) is 22.6 Å². The van der Waals surface area contributed by atoms with Crippen molar-refractivity contribution in [2.75, 3.05) is 0 Å². The van der Waals surface area contributed by atoms with Crippen molar-refractivity contribution in [1.29, 1.82) is 5.26 Å².